The Morgan fingerprint density at radius 3 is 2.54 bits per heavy atom. The van der Waals surface area contributed by atoms with Crippen molar-refractivity contribution in [2.45, 2.75) is 19.2 Å². The Morgan fingerprint density at radius 2 is 1.88 bits per heavy atom. The molecule has 5 nitrogen and oxygen atoms in total. The van der Waals surface area contributed by atoms with E-state index in [-0.39, 0.29) is 12.4 Å². The van der Waals surface area contributed by atoms with Gasteiger partial charge in [-0.3, -0.25) is 4.90 Å². The first-order valence-corrected chi connectivity index (χ1v) is 7.61. The van der Waals surface area contributed by atoms with Gasteiger partial charge in [0.05, 0.1) is 20.3 Å². The summed E-state index contributed by atoms with van der Waals surface area (Å²) in [6.45, 7) is 1.97. The number of nitrogen functional groups attached to an aromatic ring is 1. The smallest absolute Gasteiger partial charge is 0.125 e. The molecule has 6 heteroatoms. The van der Waals surface area contributed by atoms with Crippen LogP contribution in [-0.4, -0.2) is 30.8 Å². The highest BCUT2D eigenvalue weighted by Gasteiger charge is 2.29. The number of rotatable bonds is 4. The lowest BCUT2D eigenvalue weighted by Gasteiger charge is -2.34. The van der Waals surface area contributed by atoms with Crippen LogP contribution in [0.4, 0.5) is 5.69 Å². The molecule has 1 heterocycles. The third-order valence-corrected chi connectivity index (χ3v) is 4.22. The zero-order valence-corrected chi connectivity index (χ0v) is 14.7. The molecule has 1 aliphatic heterocycles. The van der Waals surface area contributed by atoms with Crippen molar-refractivity contribution in [1.29, 1.82) is 0 Å². The van der Waals surface area contributed by atoms with Gasteiger partial charge in [0.25, 0.3) is 0 Å². The molecule has 3 N–H and O–H groups in total. The normalized spacial score (nSPS) is 16.9. The number of nitrogens with two attached hydrogens (primary N) is 1. The highest BCUT2D eigenvalue weighted by molar-refractivity contribution is 5.85. The van der Waals surface area contributed by atoms with Crippen LogP contribution >= 0.6 is 12.4 Å². The minimum absolute atomic E-state index is 0. The molecule has 130 valence electrons. The molecule has 0 aliphatic carbocycles. The highest BCUT2D eigenvalue weighted by atomic mass is 35.5. The predicted molar refractivity (Wildman–Crippen MR) is 96.7 cm³/mol. The number of aliphatic hydroxyl groups excluding tert-OH is 1. The summed E-state index contributed by atoms with van der Waals surface area (Å²) < 4.78 is 10.9. The summed E-state index contributed by atoms with van der Waals surface area (Å²) in [5, 5.41) is 10.6. The van der Waals surface area contributed by atoms with Crippen molar-refractivity contribution in [3.05, 3.63) is 53.1 Å². The zero-order valence-electron chi connectivity index (χ0n) is 13.9. The maximum atomic E-state index is 10.6. The number of ether oxygens (including phenoxy) is 2. The van der Waals surface area contributed by atoms with Crippen LogP contribution in [0.3, 0.4) is 0 Å². The van der Waals surface area contributed by atoms with Crippen molar-refractivity contribution >= 4 is 18.1 Å². The number of hydrogen-bond acceptors (Lipinski definition) is 5. The van der Waals surface area contributed by atoms with Gasteiger partial charge in [-0.15, -0.1) is 12.4 Å². The number of halogens is 1. The fraction of sp³-hybridized carbons (Fsp3) is 0.333. The number of benzene rings is 2. The Kier molecular flexibility index (Phi) is 5.94. The van der Waals surface area contributed by atoms with Crippen LogP contribution in [0.15, 0.2) is 36.4 Å². The first kappa shape index (κ1) is 18.4. The van der Waals surface area contributed by atoms with Gasteiger partial charge >= 0.3 is 0 Å². The summed E-state index contributed by atoms with van der Waals surface area (Å²) >= 11 is 0. The number of aliphatic hydroxyl groups is 1. The number of nitrogens with zero attached hydrogens (tertiary/aromatic N) is 1. The van der Waals surface area contributed by atoms with E-state index in [0.29, 0.717) is 18.8 Å². The predicted octanol–water partition coefficient (Wildman–Crippen LogP) is 2.76. The molecular weight excluding hydrogens is 328 g/mol. The monoisotopic (exact) mass is 350 g/mol. The molecular formula is C18H23ClN2O3. The Hall–Kier alpha value is -1.95. The maximum absolute atomic E-state index is 10.6. The van der Waals surface area contributed by atoms with Gasteiger partial charge in [-0.1, -0.05) is 12.1 Å². The summed E-state index contributed by atoms with van der Waals surface area (Å²) in [5.74, 6) is 1.48. The van der Waals surface area contributed by atoms with E-state index < -0.39 is 6.10 Å². The Balaban J connectivity index is 0.00000208. The molecule has 0 spiro atoms. The SMILES string of the molecule is COc1ccc(OC)c2c1CN(Cc1cccc(N)c1)CC2O.Cl. The molecule has 2 aromatic rings. The van der Waals surface area contributed by atoms with Crippen LogP contribution in [0.1, 0.15) is 22.8 Å². The first-order chi connectivity index (χ1) is 11.1. The number of methoxy groups -OCH3 is 2. The number of hydrogen-bond donors (Lipinski definition) is 2. The molecule has 2 aromatic carbocycles. The summed E-state index contributed by atoms with van der Waals surface area (Å²) in [4.78, 5) is 2.18. The van der Waals surface area contributed by atoms with Crippen LogP contribution < -0.4 is 15.2 Å². The minimum Gasteiger partial charge on any atom is -0.496 e. The van der Waals surface area contributed by atoms with E-state index in [0.717, 1.165) is 34.7 Å². The van der Waals surface area contributed by atoms with Gasteiger partial charge in [-0.25, -0.2) is 0 Å². The fourth-order valence-electron chi connectivity index (χ4n) is 3.21. The van der Waals surface area contributed by atoms with Gasteiger partial charge in [-0.05, 0) is 29.8 Å². The van der Waals surface area contributed by atoms with Crippen LogP contribution in [0, 0.1) is 0 Å². The van der Waals surface area contributed by atoms with Gasteiger partial charge in [-0.2, -0.15) is 0 Å². The molecule has 1 unspecified atom stereocenters. The van der Waals surface area contributed by atoms with E-state index in [4.69, 9.17) is 15.2 Å². The Morgan fingerprint density at radius 1 is 1.17 bits per heavy atom. The van der Waals surface area contributed by atoms with Crippen LogP contribution in [0.25, 0.3) is 0 Å². The molecule has 1 atom stereocenters. The molecule has 0 radical (unpaired) electrons. The van der Waals surface area contributed by atoms with Gasteiger partial charge in [0.2, 0.25) is 0 Å². The third kappa shape index (κ3) is 3.59. The molecule has 0 bridgehead atoms. The molecule has 1 aliphatic rings. The van der Waals surface area contributed by atoms with Crippen molar-refractivity contribution in [2.24, 2.45) is 0 Å². The minimum atomic E-state index is -0.607. The van der Waals surface area contributed by atoms with Crippen molar-refractivity contribution < 1.29 is 14.6 Å². The van der Waals surface area contributed by atoms with E-state index in [1.807, 2.05) is 36.4 Å². The second-order valence-corrected chi connectivity index (χ2v) is 5.79. The Labute approximate surface area is 148 Å². The van der Waals surface area contributed by atoms with Crippen molar-refractivity contribution in [3.63, 3.8) is 0 Å². The molecule has 24 heavy (non-hydrogen) atoms. The van der Waals surface area contributed by atoms with Crippen LogP contribution in [-0.2, 0) is 13.1 Å². The van der Waals surface area contributed by atoms with Gasteiger partial charge in [0.1, 0.15) is 11.5 Å². The quantitative estimate of drug-likeness (QED) is 0.830. The summed E-state index contributed by atoms with van der Waals surface area (Å²) in [7, 11) is 3.26. The summed E-state index contributed by atoms with van der Waals surface area (Å²) in [6, 6.07) is 11.6. The first-order valence-electron chi connectivity index (χ1n) is 7.61. The standard InChI is InChI=1S/C18H22N2O3.ClH/c1-22-16-6-7-17(23-2)18-14(16)10-20(11-15(18)21)9-12-4-3-5-13(19)8-12;/h3-8,15,21H,9-11,19H2,1-2H3;1H. The lowest BCUT2D eigenvalue weighted by Crippen LogP contribution is -2.33. The number of fused-ring (bicyclic) bond motifs is 1. The lowest BCUT2D eigenvalue weighted by atomic mass is 9.95. The van der Waals surface area contributed by atoms with E-state index in [1.54, 1.807) is 14.2 Å². The molecule has 3 rings (SSSR count). The molecule has 0 fully saturated rings. The second-order valence-electron chi connectivity index (χ2n) is 5.79. The Bertz CT molecular complexity index is 709. The average Bonchev–Trinajstić information content (AvgIpc) is 2.53. The summed E-state index contributed by atoms with van der Waals surface area (Å²) in [5.41, 5.74) is 9.53. The zero-order chi connectivity index (χ0) is 16.4. The molecule has 0 saturated heterocycles. The molecule has 0 aromatic heterocycles. The van der Waals surface area contributed by atoms with Crippen molar-refractivity contribution in [3.8, 4) is 11.5 Å². The van der Waals surface area contributed by atoms with E-state index in [2.05, 4.69) is 4.90 Å². The maximum Gasteiger partial charge on any atom is 0.125 e. The second kappa shape index (κ2) is 7.75. The van der Waals surface area contributed by atoms with E-state index >= 15 is 0 Å². The van der Waals surface area contributed by atoms with Crippen LogP contribution in [0.2, 0.25) is 0 Å². The third-order valence-electron chi connectivity index (χ3n) is 4.22. The fourth-order valence-corrected chi connectivity index (χ4v) is 3.21. The largest absolute Gasteiger partial charge is 0.496 e. The topological polar surface area (TPSA) is 68.0 Å². The lowest BCUT2D eigenvalue weighted by molar-refractivity contribution is 0.0843. The number of anilines is 1. The van der Waals surface area contributed by atoms with Crippen molar-refractivity contribution in [2.75, 3.05) is 26.5 Å². The van der Waals surface area contributed by atoms with E-state index in [9.17, 15) is 5.11 Å². The van der Waals surface area contributed by atoms with Crippen molar-refractivity contribution in [1.82, 2.24) is 4.90 Å². The van der Waals surface area contributed by atoms with Crippen LogP contribution in [0.5, 0.6) is 11.5 Å². The molecule has 0 amide bonds. The molecule has 0 saturated carbocycles. The van der Waals surface area contributed by atoms with Gasteiger partial charge in [0.15, 0.2) is 0 Å². The summed E-state index contributed by atoms with van der Waals surface area (Å²) in [6.07, 6.45) is -0.607. The average molecular weight is 351 g/mol. The van der Waals surface area contributed by atoms with Gasteiger partial charge in [0, 0.05) is 36.4 Å². The van der Waals surface area contributed by atoms with Gasteiger partial charge < -0.3 is 20.3 Å². The van der Waals surface area contributed by atoms with E-state index in [1.165, 1.54) is 0 Å². The highest BCUT2D eigenvalue weighted by Crippen LogP contribution is 2.39. The number of β-amino-alcohol motifs (C(OH)–C–C–N with tert-alkyl or cyclic N) is 1.